The smallest absolute Gasteiger partial charge is 0.0517 e. The van der Waals surface area contributed by atoms with Crippen LogP contribution in [0.3, 0.4) is 0 Å². The minimum Gasteiger partial charge on any atom is -0.381 e. The first kappa shape index (κ1) is 13.9. The molecule has 1 rings (SSSR count). The Morgan fingerprint density at radius 3 is 2.75 bits per heavy atom. The van der Waals surface area contributed by atoms with E-state index in [1.54, 1.807) is 0 Å². The first-order valence-corrected chi connectivity index (χ1v) is 6.48. The van der Waals surface area contributed by atoms with Crippen molar-refractivity contribution < 1.29 is 9.47 Å². The Bertz CT molecular complexity index is 171. The molecule has 0 radical (unpaired) electrons. The molecule has 1 aliphatic heterocycles. The van der Waals surface area contributed by atoms with Crippen LogP contribution in [0.15, 0.2) is 0 Å². The standard InChI is InChI=1S/C13H27NO2/c1-13(2,3)14-7-4-5-8-15-10-12-6-9-16-11-12/h12,14H,4-11H2,1-3H3. The van der Waals surface area contributed by atoms with Crippen LogP contribution >= 0.6 is 0 Å². The zero-order valence-electron chi connectivity index (χ0n) is 11.1. The third-order valence-corrected chi connectivity index (χ3v) is 2.75. The highest BCUT2D eigenvalue weighted by Crippen LogP contribution is 2.12. The van der Waals surface area contributed by atoms with Gasteiger partial charge in [0.25, 0.3) is 0 Å². The molecule has 3 heteroatoms. The fraction of sp³-hybridized carbons (Fsp3) is 1.00. The van der Waals surface area contributed by atoms with Crippen molar-refractivity contribution in [3.63, 3.8) is 0 Å². The van der Waals surface area contributed by atoms with Gasteiger partial charge >= 0.3 is 0 Å². The van der Waals surface area contributed by atoms with E-state index in [1.165, 1.54) is 12.8 Å². The molecule has 0 aromatic rings. The molecular formula is C13H27NO2. The molecule has 0 aromatic heterocycles. The Hall–Kier alpha value is -0.120. The number of nitrogens with one attached hydrogen (secondary N) is 1. The van der Waals surface area contributed by atoms with Gasteiger partial charge in [0.2, 0.25) is 0 Å². The zero-order chi connectivity index (χ0) is 11.9. The molecule has 1 aliphatic rings. The van der Waals surface area contributed by atoms with Gasteiger partial charge in [0.1, 0.15) is 0 Å². The number of hydrogen-bond acceptors (Lipinski definition) is 3. The fourth-order valence-corrected chi connectivity index (χ4v) is 1.76. The summed E-state index contributed by atoms with van der Waals surface area (Å²) in [4.78, 5) is 0. The number of hydrogen-bond donors (Lipinski definition) is 1. The van der Waals surface area contributed by atoms with E-state index < -0.39 is 0 Å². The van der Waals surface area contributed by atoms with Gasteiger partial charge < -0.3 is 14.8 Å². The first-order chi connectivity index (χ1) is 7.58. The maximum absolute atomic E-state index is 5.64. The van der Waals surface area contributed by atoms with E-state index in [2.05, 4.69) is 26.1 Å². The molecule has 1 atom stereocenters. The van der Waals surface area contributed by atoms with Crippen LogP contribution in [0, 0.1) is 5.92 Å². The lowest BCUT2D eigenvalue weighted by Gasteiger charge is -2.20. The molecule has 3 nitrogen and oxygen atoms in total. The summed E-state index contributed by atoms with van der Waals surface area (Å²) in [6.45, 7) is 11.3. The fourth-order valence-electron chi connectivity index (χ4n) is 1.76. The van der Waals surface area contributed by atoms with Gasteiger partial charge in [-0.25, -0.2) is 0 Å². The van der Waals surface area contributed by atoms with Crippen molar-refractivity contribution in [3.05, 3.63) is 0 Å². The molecule has 1 heterocycles. The summed E-state index contributed by atoms with van der Waals surface area (Å²) in [5.74, 6) is 0.646. The number of ether oxygens (including phenoxy) is 2. The monoisotopic (exact) mass is 229 g/mol. The summed E-state index contributed by atoms with van der Waals surface area (Å²) in [7, 11) is 0. The average Bonchev–Trinajstić information content (AvgIpc) is 2.67. The van der Waals surface area contributed by atoms with Crippen molar-refractivity contribution in [3.8, 4) is 0 Å². The Morgan fingerprint density at radius 1 is 1.31 bits per heavy atom. The summed E-state index contributed by atoms with van der Waals surface area (Å²) < 4.78 is 10.9. The lowest BCUT2D eigenvalue weighted by molar-refractivity contribution is 0.0872. The molecule has 1 fully saturated rings. The summed E-state index contributed by atoms with van der Waals surface area (Å²) in [5, 5.41) is 3.48. The Balaban J connectivity index is 1.81. The van der Waals surface area contributed by atoms with Gasteiger partial charge in [-0.15, -0.1) is 0 Å². The highest BCUT2D eigenvalue weighted by Gasteiger charge is 2.15. The molecule has 0 spiro atoms. The van der Waals surface area contributed by atoms with Gasteiger partial charge in [-0.05, 0) is 46.6 Å². The molecule has 16 heavy (non-hydrogen) atoms. The zero-order valence-corrected chi connectivity index (χ0v) is 11.1. The molecule has 1 unspecified atom stereocenters. The van der Waals surface area contributed by atoms with Crippen LogP contribution in [0.25, 0.3) is 0 Å². The average molecular weight is 229 g/mol. The summed E-state index contributed by atoms with van der Waals surface area (Å²) in [6, 6.07) is 0. The molecule has 0 amide bonds. The van der Waals surface area contributed by atoms with Crippen LogP contribution in [0.4, 0.5) is 0 Å². The van der Waals surface area contributed by atoms with Crippen LogP contribution in [-0.4, -0.2) is 38.5 Å². The minimum atomic E-state index is 0.238. The molecule has 0 aliphatic carbocycles. The second-order valence-electron chi connectivity index (χ2n) is 5.69. The van der Waals surface area contributed by atoms with Crippen LogP contribution < -0.4 is 5.32 Å². The predicted molar refractivity (Wildman–Crippen MR) is 66.7 cm³/mol. The molecule has 96 valence electrons. The maximum atomic E-state index is 5.64. The predicted octanol–water partition coefficient (Wildman–Crippen LogP) is 2.21. The van der Waals surface area contributed by atoms with E-state index in [-0.39, 0.29) is 5.54 Å². The van der Waals surface area contributed by atoms with Crippen molar-refractivity contribution >= 4 is 0 Å². The van der Waals surface area contributed by atoms with Gasteiger partial charge in [-0.2, -0.15) is 0 Å². The van der Waals surface area contributed by atoms with Crippen LogP contribution in [-0.2, 0) is 9.47 Å². The van der Waals surface area contributed by atoms with E-state index in [9.17, 15) is 0 Å². The van der Waals surface area contributed by atoms with E-state index >= 15 is 0 Å². The van der Waals surface area contributed by atoms with Crippen molar-refractivity contribution in [2.45, 2.75) is 45.6 Å². The van der Waals surface area contributed by atoms with Gasteiger partial charge in [0.15, 0.2) is 0 Å². The topological polar surface area (TPSA) is 30.5 Å². The second kappa shape index (κ2) is 7.25. The lowest BCUT2D eigenvalue weighted by atomic mass is 10.1. The van der Waals surface area contributed by atoms with Gasteiger partial charge in [0, 0.05) is 24.7 Å². The van der Waals surface area contributed by atoms with E-state index in [0.717, 1.165) is 39.4 Å². The van der Waals surface area contributed by atoms with Crippen LogP contribution in [0.1, 0.15) is 40.0 Å². The van der Waals surface area contributed by atoms with Crippen molar-refractivity contribution in [2.24, 2.45) is 5.92 Å². The second-order valence-corrected chi connectivity index (χ2v) is 5.69. The maximum Gasteiger partial charge on any atom is 0.0517 e. The van der Waals surface area contributed by atoms with Gasteiger partial charge in [0.05, 0.1) is 13.2 Å². The van der Waals surface area contributed by atoms with E-state index in [0.29, 0.717) is 5.92 Å². The molecule has 0 aromatic carbocycles. The largest absolute Gasteiger partial charge is 0.381 e. The number of rotatable bonds is 7. The van der Waals surface area contributed by atoms with Crippen molar-refractivity contribution in [1.29, 1.82) is 0 Å². The van der Waals surface area contributed by atoms with Crippen molar-refractivity contribution in [2.75, 3.05) is 33.0 Å². The quantitative estimate of drug-likeness (QED) is 0.679. The summed E-state index contributed by atoms with van der Waals surface area (Å²) in [5.41, 5.74) is 0.238. The lowest BCUT2D eigenvalue weighted by Crippen LogP contribution is -2.36. The van der Waals surface area contributed by atoms with E-state index in [1.807, 2.05) is 0 Å². The minimum absolute atomic E-state index is 0.238. The Labute approximate surface area is 99.9 Å². The van der Waals surface area contributed by atoms with Crippen LogP contribution in [0.5, 0.6) is 0 Å². The van der Waals surface area contributed by atoms with Crippen molar-refractivity contribution in [1.82, 2.24) is 5.32 Å². The summed E-state index contributed by atoms with van der Waals surface area (Å²) >= 11 is 0. The first-order valence-electron chi connectivity index (χ1n) is 6.48. The molecule has 0 saturated carbocycles. The third-order valence-electron chi connectivity index (χ3n) is 2.75. The normalized spacial score (nSPS) is 21.6. The highest BCUT2D eigenvalue weighted by atomic mass is 16.5. The third kappa shape index (κ3) is 7.20. The highest BCUT2D eigenvalue weighted by molar-refractivity contribution is 4.69. The number of unbranched alkanes of at least 4 members (excludes halogenated alkanes) is 1. The summed E-state index contributed by atoms with van der Waals surface area (Å²) in [6.07, 6.45) is 3.51. The Morgan fingerprint density at radius 2 is 2.12 bits per heavy atom. The van der Waals surface area contributed by atoms with Gasteiger partial charge in [-0.1, -0.05) is 0 Å². The van der Waals surface area contributed by atoms with Crippen LogP contribution in [0.2, 0.25) is 0 Å². The van der Waals surface area contributed by atoms with E-state index in [4.69, 9.17) is 9.47 Å². The molecule has 1 saturated heterocycles. The van der Waals surface area contributed by atoms with Gasteiger partial charge in [-0.3, -0.25) is 0 Å². The Kier molecular flexibility index (Phi) is 6.32. The molecular weight excluding hydrogens is 202 g/mol. The molecule has 1 N–H and O–H groups in total. The SMILES string of the molecule is CC(C)(C)NCCCCOCC1CCOC1. The molecule has 0 bridgehead atoms.